The first kappa shape index (κ1) is 18.9. The number of sulfonamides is 1. The van der Waals surface area contributed by atoms with E-state index in [2.05, 4.69) is 9.71 Å². The fraction of sp³-hybridized carbons (Fsp3) is 0.211. The number of benzene rings is 1. The summed E-state index contributed by atoms with van der Waals surface area (Å²) < 4.78 is 42.1. The van der Waals surface area contributed by atoms with Gasteiger partial charge in [0.05, 0.1) is 11.8 Å². The summed E-state index contributed by atoms with van der Waals surface area (Å²) in [5, 5.41) is 10.2. The van der Waals surface area contributed by atoms with E-state index >= 15 is 0 Å². The van der Waals surface area contributed by atoms with Gasteiger partial charge in [-0.1, -0.05) is 6.08 Å². The van der Waals surface area contributed by atoms with Crippen molar-refractivity contribution in [1.29, 1.82) is 0 Å². The van der Waals surface area contributed by atoms with Gasteiger partial charge in [-0.05, 0) is 60.6 Å². The minimum atomic E-state index is -4.01. The molecule has 0 fully saturated rings. The van der Waals surface area contributed by atoms with Gasteiger partial charge in [-0.2, -0.15) is 0 Å². The Morgan fingerprint density at radius 1 is 1.25 bits per heavy atom. The third kappa shape index (κ3) is 3.60. The number of H-pyrrole nitrogens is 1. The van der Waals surface area contributed by atoms with Crippen LogP contribution >= 0.6 is 11.3 Å². The highest BCUT2D eigenvalue weighted by molar-refractivity contribution is 7.94. The van der Waals surface area contributed by atoms with Gasteiger partial charge in [0, 0.05) is 16.5 Å². The molecule has 0 saturated heterocycles. The summed E-state index contributed by atoms with van der Waals surface area (Å²) >= 11 is 1.09. The molecular weight excluding hydrogens is 403 g/mol. The molecule has 0 bridgehead atoms. The number of allylic oxidation sites excluding steroid dienone is 1. The van der Waals surface area contributed by atoms with Gasteiger partial charge in [-0.3, -0.25) is 9.52 Å². The molecule has 28 heavy (non-hydrogen) atoms. The van der Waals surface area contributed by atoms with Gasteiger partial charge < -0.3 is 10.1 Å². The molecule has 2 aromatic heterocycles. The number of hydrogen-bond acceptors (Lipinski definition) is 5. The molecule has 6 nitrogen and oxygen atoms in total. The second kappa shape index (κ2) is 7.16. The lowest BCUT2D eigenvalue weighted by molar-refractivity contribution is 0.166. The largest absolute Gasteiger partial charge is 0.393 e. The number of nitrogens with one attached hydrogen (secondary N) is 2. The fourth-order valence-electron chi connectivity index (χ4n) is 3.16. The van der Waals surface area contributed by atoms with Crippen molar-refractivity contribution in [2.45, 2.75) is 29.6 Å². The Morgan fingerprint density at radius 2 is 2.07 bits per heavy atom. The second-order valence-electron chi connectivity index (χ2n) is 6.61. The second-order valence-corrected chi connectivity index (χ2v) is 9.60. The summed E-state index contributed by atoms with van der Waals surface area (Å²) in [5.41, 5.74) is 0.294. The number of halogens is 1. The molecule has 146 valence electrons. The molecule has 1 aromatic carbocycles. The number of fused-ring (bicyclic) bond motifs is 1. The molecule has 3 aromatic rings. The maximum Gasteiger partial charge on any atom is 0.271 e. The quantitative estimate of drug-likeness (QED) is 0.602. The van der Waals surface area contributed by atoms with Gasteiger partial charge in [-0.15, -0.1) is 11.3 Å². The molecule has 0 spiro atoms. The van der Waals surface area contributed by atoms with Crippen LogP contribution in [0.1, 0.15) is 24.1 Å². The normalized spacial score (nSPS) is 17.5. The first-order chi connectivity index (χ1) is 13.3. The zero-order valence-electron chi connectivity index (χ0n) is 14.6. The molecule has 1 aliphatic rings. The first-order valence-electron chi connectivity index (χ1n) is 8.64. The number of aliphatic hydroxyl groups excluding tert-OH is 1. The van der Waals surface area contributed by atoms with Crippen LogP contribution in [0.25, 0.3) is 16.3 Å². The SMILES string of the molecule is O=c1[nH]ccc2cc(F)c(NS(=O)(=O)c3ccc(C4=CCC(O)CC4)s3)cc12. The summed E-state index contributed by atoms with van der Waals surface area (Å²) in [4.78, 5) is 15.2. The van der Waals surface area contributed by atoms with Crippen molar-refractivity contribution < 1.29 is 17.9 Å². The van der Waals surface area contributed by atoms with Crippen LogP contribution < -0.4 is 10.3 Å². The number of hydrogen-bond donors (Lipinski definition) is 3. The van der Waals surface area contributed by atoms with Gasteiger partial charge in [0.2, 0.25) is 0 Å². The Kier molecular flexibility index (Phi) is 4.82. The highest BCUT2D eigenvalue weighted by Crippen LogP contribution is 2.34. The molecule has 0 amide bonds. The van der Waals surface area contributed by atoms with Crippen molar-refractivity contribution in [2.24, 2.45) is 0 Å². The lowest BCUT2D eigenvalue weighted by atomic mass is 9.96. The molecule has 2 heterocycles. The molecule has 1 unspecified atom stereocenters. The molecule has 3 N–H and O–H groups in total. The van der Waals surface area contributed by atoms with Gasteiger partial charge in [0.15, 0.2) is 0 Å². The molecule has 0 saturated carbocycles. The summed E-state index contributed by atoms with van der Waals surface area (Å²) in [7, 11) is -4.01. The standard InChI is InChI=1S/C19H17FN2O4S2/c20-15-9-12-7-8-21-19(24)14(12)10-16(15)22-28(25,26)18-6-5-17(27-18)11-1-3-13(23)4-2-11/h1,5-10,13,22-23H,2-4H2,(H,21,24). The number of thiophene rings is 1. The van der Waals surface area contributed by atoms with E-state index in [4.69, 9.17) is 0 Å². The minimum absolute atomic E-state index is 0.0518. The Morgan fingerprint density at radius 3 is 2.82 bits per heavy atom. The average molecular weight is 420 g/mol. The van der Waals surface area contributed by atoms with Crippen LogP contribution in [0.4, 0.5) is 10.1 Å². The van der Waals surface area contributed by atoms with Gasteiger partial charge in [0.1, 0.15) is 10.0 Å². The number of pyridine rings is 1. The third-order valence-corrected chi connectivity index (χ3v) is 7.67. The summed E-state index contributed by atoms with van der Waals surface area (Å²) in [6.45, 7) is 0. The Labute approximate surface area is 164 Å². The zero-order chi connectivity index (χ0) is 19.9. The van der Waals surface area contributed by atoms with E-state index in [-0.39, 0.29) is 21.4 Å². The number of anilines is 1. The van der Waals surface area contributed by atoms with E-state index in [9.17, 15) is 22.7 Å². The zero-order valence-corrected chi connectivity index (χ0v) is 16.2. The first-order valence-corrected chi connectivity index (χ1v) is 10.9. The molecule has 4 rings (SSSR count). The Hall–Kier alpha value is -2.49. The monoisotopic (exact) mass is 420 g/mol. The Balaban J connectivity index is 1.65. The molecule has 1 aliphatic carbocycles. The number of aromatic nitrogens is 1. The molecule has 0 aliphatic heterocycles. The third-order valence-electron chi connectivity index (χ3n) is 4.65. The van der Waals surface area contributed by atoms with Crippen molar-refractivity contribution in [3.05, 3.63) is 63.7 Å². The van der Waals surface area contributed by atoms with Crippen molar-refractivity contribution >= 4 is 43.4 Å². The average Bonchev–Trinajstić information content (AvgIpc) is 3.15. The van der Waals surface area contributed by atoms with Gasteiger partial charge >= 0.3 is 0 Å². The number of aromatic amines is 1. The van der Waals surface area contributed by atoms with Crippen LogP contribution in [0.5, 0.6) is 0 Å². The van der Waals surface area contributed by atoms with E-state index in [1.807, 2.05) is 6.08 Å². The van der Waals surface area contributed by atoms with Crippen LogP contribution in [-0.2, 0) is 10.0 Å². The number of aliphatic hydroxyl groups is 1. The van der Waals surface area contributed by atoms with Crippen molar-refractivity contribution in [1.82, 2.24) is 4.98 Å². The van der Waals surface area contributed by atoms with E-state index in [1.165, 1.54) is 18.3 Å². The topological polar surface area (TPSA) is 99.3 Å². The predicted molar refractivity (Wildman–Crippen MR) is 107 cm³/mol. The van der Waals surface area contributed by atoms with Crippen LogP contribution in [-0.4, -0.2) is 24.6 Å². The van der Waals surface area contributed by atoms with Crippen molar-refractivity contribution in [2.75, 3.05) is 4.72 Å². The fourth-order valence-corrected chi connectivity index (χ4v) is 5.59. The summed E-state index contributed by atoms with van der Waals surface area (Å²) in [6.07, 6.45) is 4.83. The van der Waals surface area contributed by atoms with Gasteiger partial charge in [0.25, 0.3) is 15.6 Å². The highest BCUT2D eigenvalue weighted by atomic mass is 32.2. The molecule has 9 heteroatoms. The van der Waals surface area contributed by atoms with E-state index < -0.39 is 21.4 Å². The predicted octanol–water partition coefficient (Wildman–Crippen LogP) is 3.46. The highest BCUT2D eigenvalue weighted by Gasteiger charge is 2.21. The molecular formula is C19H17FN2O4S2. The Bertz CT molecular complexity index is 1240. The summed E-state index contributed by atoms with van der Waals surface area (Å²) in [5.74, 6) is -0.762. The maximum atomic E-state index is 14.4. The van der Waals surface area contributed by atoms with E-state index in [1.54, 1.807) is 12.1 Å². The molecule has 0 radical (unpaired) electrons. The number of rotatable bonds is 4. The lowest BCUT2D eigenvalue weighted by Gasteiger charge is -2.16. The van der Waals surface area contributed by atoms with Crippen molar-refractivity contribution in [3.8, 4) is 0 Å². The van der Waals surface area contributed by atoms with Crippen LogP contribution in [0.2, 0.25) is 0 Å². The summed E-state index contributed by atoms with van der Waals surface area (Å²) in [6, 6.07) is 7.05. The van der Waals surface area contributed by atoms with Crippen LogP contribution in [0.3, 0.4) is 0 Å². The van der Waals surface area contributed by atoms with Crippen molar-refractivity contribution in [3.63, 3.8) is 0 Å². The minimum Gasteiger partial charge on any atom is -0.393 e. The molecule has 1 atom stereocenters. The lowest BCUT2D eigenvalue weighted by Crippen LogP contribution is -2.13. The van der Waals surface area contributed by atoms with E-state index in [0.717, 1.165) is 27.9 Å². The van der Waals surface area contributed by atoms with Gasteiger partial charge in [-0.25, -0.2) is 12.8 Å². The maximum absolute atomic E-state index is 14.4. The van der Waals surface area contributed by atoms with E-state index in [0.29, 0.717) is 24.6 Å². The van der Waals surface area contributed by atoms with Crippen LogP contribution in [0, 0.1) is 5.82 Å². The smallest absolute Gasteiger partial charge is 0.271 e. The van der Waals surface area contributed by atoms with Crippen LogP contribution in [0.15, 0.2) is 51.6 Å².